The predicted octanol–water partition coefficient (Wildman–Crippen LogP) is 4.43. The van der Waals surface area contributed by atoms with Crippen molar-refractivity contribution in [3.8, 4) is 0 Å². The number of diazo groups is 2. The summed E-state index contributed by atoms with van der Waals surface area (Å²) in [6.07, 6.45) is 0. The lowest BCUT2D eigenvalue weighted by Crippen LogP contribution is -2.07. The minimum Gasteiger partial charge on any atom is -0.786 e. The molecule has 0 bridgehead atoms. The van der Waals surface area contributed by atoms with Crippen LogP contribution in [-0.4, -0.2) is 0 Å². The number of nitrogens with zero attached hydrogens (tertiary/aromatic N) is 4. The van der Waals surface area contributed by atoms with Gasteiger partial charge in [0.25, 0.3) is 0 Å². The Morgan fingerprint density at radius 2 is 1.22 bits per heavy atom. The van der Waals surface area contributed by atoms with Crippen LogP contribution in [0.2, 0.25) is 10.0 Å². The third-order valence-electron chi connectivity index (χ3n) is 1.85. The van der Waals surface area contributed by atoms with E-state index in [0.717, 1.165) is 0 Å². The summed E-state index contributed by atoms with van der Waals surface area (Å²) >= 11 is 11.1. The zero-order valence-corrected chi connectivity index (χ0v) is 13.6. The van der Waals surface area contributed by atoms with Gasteiger partial charge in [-0.05, 0) is 12.1 Å². The van der Waals surface area contributed by atoms with Gasteiger partial charge in [0, 0.05) is 22.2 Å². The van der Waals surface area contributed by atoms with Gasteiger partial charge in [-0.15, -0.1) is 0 Å². The van der Waals surface area contributed by atoms with E-state index in [2.05, 4.69) is 9.95 Å². The lowest BCUT2D eigenvalue weighted by Gasteiger charge is -2.15. The number of halogens is 3. The van der Waals surface area contributed by atoms with Crippen LogP contribution in [0, 0.1) is 10.8 Å². The number of hydrogen-bond donors (Lipinski definition) is 0. The molecule has 0 unspecified atom stereocenters. The Kier molecular flexibility index (Phi) is 9.68. The molecule has 0 N–H and O–H groups in total. The number of rotatable bonds is 0. The number of hydrogen-bond acceptors (Lipinski definition) is 5. The van der Waals surface area contributed by atoms with Crippen molar-refractivity contribution in [2.75, 3.05) is 0 Å². The van der Waals surface area contributed by atoms with Crippen molar-refractivity contribution in [1.29, 1.82) is 10.8 Å². The average molecular weight is 377 g/mol. The van der Waals surface area contributed by atoms with Gasteiger partial charge >= 0.3 is 11.4 Å². The quantitative estimate of drug-likeness (QED) is 0.497. The van der Waals surface area contributed by atoms with Gasteiger partial charge in [-0.1, -0.05) is 35.3 Å². The maximum atomic E-state index is 10.1. The Labute approximate surface area is 140 Å². The van der Waals surface area contributed by atoms with Crippen LogP contribution in [0.4, 0.5) is 15.6 Å². The minimum atomic E-state index is -5.64. The van der Waals surface area contributed by atoms with Crippen LogP contribution in [-0.2, 0) is 4.57 Å². The van der Waals surface area contributed by atoms with Crippen molar-refractivity contribution in [3.63, 3.8) is 0 Å². The third kappa shape index (κ3) is 13.3. The van der Waals surface area contributed by atoms with E-state index in [1.807, 2.05) is 0 Å². The van der Waals surface area contributed by atoms with Gasteiger partial charge in [0.1, 0.15) is 7.91 Å². The number of benzene rings is 2. The molecule has 0 spiro atoms. The van der Waals surface area contributed by atoms with E-state index in [9.17, 15) is 4.20 Å². The van der Waals surface area contributed by atoms with E-state index in [1.54, 1.807) is 48.5 Å². The molecule has 0 atom stereocenters. The van der Waals surface area contributed by atoms with Gasteiger partial charge in [0.05, 0.1) is 12.1 Å². The molecule has 0 heterocycles. The highest BCUT2D eigenvalue weighted by Gasteiger charge is 2.01. The highest BCUT2D eigenvalue weighted by atomic mass is 35.5. The van der Waals surface area contributed by atoms with Crippen LogP contribution in [0.3, 0.4) is 0 Å². The fraction of sp³-hybridized carbons (Fsp3) is 0. The molecule has 0 radical (unpaired) electrons. The summed E-state index contributed by atoms with van der Waals surface area (Å²) in [5, 5.41) is 17.6. The summed E-state index contributed by atoms with van der Waals surface area (Å²) in [7, 11) is -5.64. The smallest absolute Gasteiger partial charge is 0.386 e. The molecule has 0 aliphatic heterocycles. The lowest BCUT2D eigenvalue weighted by atomic mass is 10.3. The van der Waals surface area contributed by atoms with Crippen molar-refractivity contribution in [2.24, 2.45) is 0 Å². The molecule has 0 saturated heterocycles. The molecule has 0 amide bonds. The molecule has 0 fully saturated rings. The molecule has 11 heteroatoms. The summed E-state index contributed by atoms with van der Waals surface area (Å²) in [4.78, 5) is 22.8. The summed E-state index contributed by atoms with van der Waals surface area (Å²) in [6.45, 7) is 0. The van der Waals surface area contributed by atoms with Gasteiger partial charge < -0.3 is 14.4 Å². The van der Waals surface area contributed by atoms with Crippen molar-refractivity contribution in [3.05, 3.63) is 68.5 Å². The second kappa shape index (κ2) is 10.6. The molecular weight excluding hydrogens is 369 g/mol. The summed E-state index contributed by atoms with van der Waals surface area (Å²) in [5.74, 6) is 0. The average Bonchev–Trinajstić information content (AvgIpc) is 2.46. The summed E-state index contributed by atoms with van der Waals surface area (Å²) in [6, 6.07) is 13.3. The lowest BCUT2D eigenvalue weighted by molar-refractivity contribution is -0.328. The molecular formula is C12H8Cl2FN4O3P. The SMILES string of the molecule is N#[N+]c1cccc(Cl)c1.N#[N+]c1cccc(Cl)c1.O=P([O-])([O-])F. The Bertz CT molecular complexity index is 710. The molecule has 7 nitrogen and oxygen atoms in total. The molecule has 0 aliphatic rings. The summed E-state index contributed by atoms with van der Waals surface area (Å²) in [5.41, 5.74) is 0.949. The maximum absolute atomic E-state index is 10.1. The fourth-order valence-electron chi connectivity index (χ4n) is 1.08. The van der Waals surface area contributed by atoms with Crippen LogP contribution in [0.25, 0.3) is 9.95 Å². The second-order valence-electron chi connectivity index (χ2n) is 3.59. The Hall–Kier alpha value is -2.06. The minimum absolute atomic E-state index is 0.475. The van der Waals surface area contributed by atoms with Crippen molar-refractivity contribution in [2.45, 2.75) is 0 Å². The monoisotopic (exact) mass is 376 g/mol. The van der Waals surface area contributed by atoms with Gasteiger partial charge in [-0.25, -0.2) is 4.20 Å². The molecule has 0 aliphatic carbocycles. The van der Waals surface area contributed by atoms with Gasteiger partial charge in [-0.2, -0.15) is 0 Å². The maximum Gasteiger partial charge on any atom is 0.386 e. The Balaban J connectivity index is 0.000000332. The molecule has 2 aromatic rings. The fourth-order valence-corrected chi connectivity index (χ4v) is 1.45. The second-order valence-corrected chi connectivity index (χ2v) is 5.32. The highest BCUT2D eigenvalue weighted by molar-refractivity contribution is 7.42. The predicted molar refractivity (Wildman–Crippen MR) is 81.1 cm³/mol. The molecule has 23 heavy (non-hydrogen) atoms. The topological polar surface area (TPSA) is 119 Å². The standard InChI is InChI=1S/2C6H4ClN2.FH2O3P/c2*7-5-2-1-3-6(4-5)9-8;1-5(2,3)4/h2*1-4H;(H2,2,3,4)/q2*+1;/p-2. The summed E-state index contributed by atoms with van der Waals surface area (Å²) < 4.78 is 18.6. The van der Waals surface area contributed by atoms with E-state index < -0.39 is 7.91 Å². The third-order valence-corrected chi connectivity index (χ3v) is 2.32. The molecule has 2 rings (SSSR count). The zero-order chi connectivity index (χ0) is 17.9. The van der Waals surface area contributed by atoms with E-state index >= 15 is 0 Å². The van der Waals surface area contributed by atoms with Crippen molar-refractivity contribution < 1.29 is 18.5 Å². The van der Waals surface area contributed by atoms with E-state index in [-0.39, 0.29) is 0 Å². The van der Waals surface area contributed by atoms with Crippen molar-refractivity contribution >= 4 is 42.5 Å². The van der Waals surface area contributed by atoms with E-state index in [4.69, 9.17) is 48.3 Å². The largest absolute Gasteiger partial charge is 0.786 e. The zero-order valence-electron chi connectivity index (χ0n) is 11.2. The first-order valence-electron chi connectivity index (χ1n) is 5.58. The Morgan fingerprint density at radius 1 is 0.913 bits per heavy atom. The first-order valence-corrected chi connectivity index (χ1v) is 7.77. The van der Waals surface area contributed by atoms with Gasteiger partial charge in [0.2, 0.25) is 10.8 Å². The van der Waals surface area contributed by atoms with Crippen LogP contribution >= 0.6 is 31.1 Å². The molecule has 0 aromatic heterocycles. The molecule has 0 saturated carbocycles. The van der Waals surface area contributed by atoms with Crippen LogP contribution in [0.5, 0.6) is 0 Å². The first-order chi connectivity index (χ1) is 10.7. The first kappa shape index (κ1) is 20.9. The Morgan fingerprint density at radius 3 is 1.39 bits per heavy atom. The highest BCUT2D eigenvalue weighted by Crippen LogP contribution is 2.22. The normalized spacial score (nSPS) is 9.17. The van der Waals surface area contributed by atoms with Gasteiger partial charge in [-0.3, -0.25) is 0 Å². The van der Waals surface area contributed by atoms with Gasteiger partial charge in [0.15, 0.2) is 9.95 Å². The van der Waals surface area contributed by atoms with Crippen LogP contribution < -0.4 is 9.79 Å². The van der Waals surface area contributed by atoms with Crippen LogP contribution in [0.15, 0.2) is 48.5 Å². The van der Waals surface area contributed by atoms with Crippen molar-refractivity contribution in [1.82, 2.24) is 0 Å². The molecule has 2 aromatic carbocycles. The molecule has 120 valence electrons. The van der Waals surface area contributed by atoms with E-state index in [1.165, 1.54) is 0 Å². The van der Waals surface area contributed by atoms with Crippen LogP contribution in [0.1, 0.15) is 0 Å². The van der Waals surface area contributed by atoms with E-state index in [0.29, 0.717) is 21.4 Å².